The number of aryl methyl sites for hydroxylation is 1. The van der Waals surface area contributed by atoms with Crippen molar-refractivity contribution in [3.8, 4) is 22.9 Å². The van der Waals surface area contributed by atoms with E-state index in [1.54, 1.807) is 34.1 Å². The number of halogens is 2. The highest BCUT2D eigenvalue weighted by Crippen LogP contribution is 2.46. The summed E-state index contributed by atoms with van der Waals surface area (Å²) in [7, 11) is 0. The number of aromatic nitrogens is 3. The standard InChI is InChI=1S/C21H18F2N4O5/c1-13-11-26(12-24-13)14-5-6-15-19(28)25(7-8-27(15)20(14)29)9-10-30-16-3-2-4-17-18(16)32-21(22,23)31-17/h2-6,11-12H,7-10H2,1H3. The van der Waals surface area contributed by atoms with E-state index in [4.69, 9.17) is 4.74 Å². The molecule has 2 aliphatic rings. The quantitative estimate of drug-likeness (QED) is 0.600. The average Bonchev–Trinajstić information content (AvgIpc) is 3.32. The molecule has 2 aromatic heterocycles. The fourth-order valence-electron chi connectivity index (χ4n) is 3.75. The molecule has 0 bridgehead atoms. The third kappa shape index (κ3) is 3.45. The first-order valence-electron chi connectivity index (χ1n) is 9.88. The molecule has 9 nitrogen and oxygen atoms in total. The third-order valence-electron chi connectivity index (χ3n) is 5.26. The predicted octanol–water partition coefficient (Wildman–Crippen LogP) is 2.20. The van der Waals surface area contributed by atoms with Gasteiger partial charge in [-0.1, -0.05) is 6.07 Å². The van der Waals surface area contributed by atoms with Crippen LogP contribution in [-0.2, 0) is 6.54 Å². The van der Waals surface area contributed by atoms with Gasteiger partial charge in [0.25, 0.3) is 11.5 Å². The lowest BCUT2D eigenvalue weighted by Gasteiger charge is -2.29. The fourth-order valence-corrected chi connectivity index (χ4v) is 3.75. The first kappa shape index (κ1) is 20.0. The molecule has 32 heavy (non-hydrogen) atoms. The van der Waals surface area contributed by atoms with E-state index in [0.29, 0.717) is 18.8 Å². The second-order valence-corrected chi connectivity index (χ2v) is 7.37. The van der Waals surface area contributed by atoms with E-state index in [0.717, 1.165) is 5.69 Å². The van der Waals surface area contributed by atoms with Crippen LogP contribution in [-0.4, -0.2) is 50.9 Å². The minimum atomic E-state index is -3.74. The van der Waals surface area contributed by atoms with Gasteiger partial charge in [0.15, 0.2) is 11.5 Å². The highest BCUT2D eigenvalue weighted by molar-refractivity contribution is 5.93. The molecule has 0 spiro atoms. The van der Waals surface area contributed by atoms with Crippen LogP contribution in [0.5, 0.6) is 17.2 Å². The number of para-hydroxylation sites is 1. The van der Waals surface area contributed by atoms with Crippen molar-refractivity contribution in [2.75, 3.05) is 19.7 Å². The average molecular weight is 444 g/mol. The van der Waals surface area contributed by atoms with Crippen LogP contribution in [0.25, 0.3) is 5.69 Å². The van der Waals surface area contributed by atoms with Gasteiger partial charge in [-0.25, -0.2) is 4.98 Å². The molecular weight excluding hydrogens is 426 g/mol. The number of ether oxygens (including phenoxy) is 3. The Labute approximate surface area is 180 Å². The number of pyridine rings is 1. The van der Waals surface area contributed by atoms with E-state index in [1.165, 1.54) is 22.8 Å². The van der Waals surface area contributed by atoms with Gasteiger partial charge in [0.1, 0.15) is 18.0 Å². The summed E-state index contributed by atoms with van der Waals surface area (Å²) in [4.78, 5) is 31.4. The Kier molecular flexibility index (Phi) is 4.61. The number of imidazole rings is 1. The highest BCUT2D eigenvalue weighted by Gasteiger charge is 2.45. The van der Waals surface area contributed by atoms with Crippen molar-refractivity contribution in [1.29, 1.82) is 0 Å². The first-order valence-corrected chi connectivity index (χ1v) is 9.88. The molecule has 0 atom stereocenters. The zero-order valence-corrected chi connectivity index (χ0v) is 17.0. The number of alkyl halides is 2. The maximum Gasteiger partial charge on any atom is 0.586 e. The number of hydrogen-bond acceptors (Lipinski definition) is 6. The maximum atomic E-state index is 13.3. The summed E-state index contributed by atoms with van der Waals surface area (Å²) in [6, 6.07) is 7.55. The van der Waals surface area contributed by atoms with Gasteiger partial charge in [-0.15, -0.1) is 8.78 Å². The molecule has 0 aliphatic carbocycles. The van der Waals surface area contributed by atoms with Gasteiger partial charge in [-0.2, -0.15) is 0 Å². The monoisotopic (exact) mass is 444 g/mol. The van der Waals surface area contributed by atoms with Crippen molar-refractivity contribution < 1.29 is 27.8 Å². The van der Waals surface area contributed by atoms with Gasteiger partial charge in [0.05, 0.1) is 18.6 Å². The number of benzene rings is 1. The van der Waals surface area contributed by atoms with E-state index in [2.05, 4.69) is 14.5 Å². The van der Waals surface area contributed by atoms with Gasteiger partial charge in [0, 0.05) is 19.3 Å². The smallest absolute Gasteiger partial charge is 0.488 e. The van der Waals surface area contributed by atoms with Crippen LogP contribution in [0.3, 0.4) is 0 Å². The number of carbonyl (C=O) groups is 1. The molecule has 1 aromatic carbocycles. The van der Waals surface area contributed by atoms with Crippen LogP contribution >= 0.6 is 0 Å². The van der Waals surface area contributed by atoms with Crippen LogP contribution in [0.1, 0.15) is 16.2 Å². The Morgan fingerprint density at radius 1 is 1.16 bits per heavy atom. The van der Waals surface area contributed by atoms with Crippen molar-refractivity contribution in [2.45, 2.75) is 19.8 Å². The van der Waals surface area contributed by atoms with Crippen molar-refractivity contribution in [3.05, 3.63) is 64.6 Å². The number of nitrogens with zero attached hydrogens (tertiary/aromatic N) is 4. The summed E-state index contributed by atoms with van der Waals surface area (Å²) >= 11 is 0. The molecule has 1 amide bonds. The second-order valence-electron chi connectivity index (χ2n) is 7.37. The summed E-state index contributed by atoms with van der Waals surface area (Å²) in [5.41, 5.74) is 1.19. The van der Waals surface area contributed by atoms with Crippen LogP contribution < -0.4 is 19.8 Å². The van der Waals surface area contributed by atoms with Crippen molar-refractivity contribution >= 4 is 5.91 Å². The summed E-state index contributed by atoms with van der Waals surface area (Å²) in [5, 5.41) is 0. The largest absolute Gasteiger partial charge is 0.586 e. The predicted molar refractivity (Wildman–Crippen MR) is 107 cm³/mol. The van der Waals surface area contributed by atoms with E-state index < -0.39 is 6.29 Å². The molecule has 0 saturated carbocycles. The summed E-state index contributed by atoms with van der Waals surface area (Å²) in [6.07, 6.45) is -0.447. The Balaban J connectivity index is 1.28. The van der Waals surface area contributed by atoms with Crippen molar-refractivity contribution in [3.63, 3.8) is 0 Å². The van der Waals surface area contributed by atoms with Crippen LogP contribution in [0.15, 0.2) is 47.7 Å². The lowest BCUT2D eigenvalue weighted by atomic mass is 10.2. The molecule has 166 valence electrons. The van der Waals surface area contributed by atoms with E-state index in [9.17, 15) is 18.4 Å². The topological polar surface area (TPSA) is 87.8 Å². The zero-order valence-electron chi connectivity index (χ0n) is 17.0. The molecule has 0 N–H and O–H groups in total. The minimum Gasteiger partial charge on any atom is -0.488 e. The van der Waals surface area contributed by atoms with Gasteiger partial charge in [-0.3, -0.25) is 9.59 Å². The normalized spacial score (nSPS) is 16.2. The summed E-state index contributed by atoms with van der Waals surface area (Å²) < 4.78 is 44.2. The molecule has 4 heterocycles. The van der Waals surface area contributed by atoms with E-state index in [1.807, 2.05) is 6.92 Å². The van der Waals surface area contributed by atoms with Crippen LogP contribution in [0.4, 0.5) is 8.78 Å². The second kappa shape index (κ2) is 7.36. The first-order chi connectivity index (χ1) is 15.3. The minimum absolute atomic E-state index is 0.0494. The molecule has 0 unspecified atom stereocenters. The summed E-state index contributed by atoms with van der Waals surface area (Å²) in [6.45, 7) is 2.71. The lowest BCUT2D eigenvalue weighted by molar-refractivity contribution is -0.287. The van der Waals surface area contributed by atoms with Gasteiger partial charge in [-0.05, 0) is 31.2 Å². The number of rotatable bonds is 5. The fraction of sp³-hybridized carbons (Fsp3) is 0.286. The Morgan fingerprint density at radius 2 is 2.00 bits per heavy atom. The Bertz CT molecular complexity index is 1270. The highest BCUT2D eigenvalue weighted by atomic mass is 19.3. The molecule has 0 fully saturated rings. The number of carbonyl (C=O) groups excluding carboxylic acids is 1. The van der Waals surface area contributed by atoms with E-state index in [-0.39, 0.29) is 47.6 Å². The Hall–Kier alpha value is -3.89. The molecular formula is C21H18F2N4O5. The lowest BCUT2D eigenvalue weighted by Crippen LogP contribution is -2.46. The molecule has 3 aromatic rings. The number of amides is 1. The van der Waals surface area contributed by atoms with Crippen LogP contribution in [0.2, 0.25) is 0 Å². The molecule has 0 saturated heterocycles. The summed E-state index contributed by atoms with van der Waals surface area (Å²) in [5.74, 6) is -0.504. The Morgan fingerprint density at radius 3 is 2.78 bits per heavy atom. The van der Waals surface area contributed by atoms with Crippen molar-refractivity contribution in [1.82, 2.24) is 19.0 Å². The zero-order chi connectivity index (χ0) is 22.5. The third-order valence-corrected chi connectivity index (χ3v) is 5.26. The molecule has 11 heteroatoms. The van der Waals surface area contributed by atoms with E-state index >= 15 is 0 Å². The SMILES string of the molecule is Cc1cn(-c2ccc3n(c2=O)CCN(CCOc2cccc4c2OC(F)(F)O4)C3=O)cn1. The van der Waals surface area contributed by atoms with Gasteiger partial charge >= 0.3 is 6.29 Å². The molecule has 5 rings (SSSR count). The number of hydrogen-bond donors (Lipinski definition) is 0. The maximum absolute atomic E-state index is 13.3. The van der Waals surface area contributed by atoms with Gasteiger partial charge in [0.2, 0.25) is 5.75 Å². The van der Waals surface area contributed by atoms with Gasteiger partial charge < -0.3 is 28.2 Å². The van der Waals surface area contributed by atoms with Crippen molar-refractivity contribution in [2.24, 2.45) is 0 Å². The molecule has 0 radical (unpaired) electrons. The molecule has 2 aliphatic heterocycles. The number of fused-ring (bicyclic) bond motifs is 2. The van der Waals surface area contributed by atoms with Crippen LogP contribution in [0, 0.1) is 6.92 Å².